The highest BCUT2D eigenvalue weighted by atomic mass is 28.4. The smallest absolute Gasteiger partial charge is 0.454 e. The van der Waals surface area contributed by atoms with Gasteiger partial charge in [0.25, 0.3) is 0 Å². The molecular weight excluding hydrogens is 488 g/mol. The van der Waals surface area contributed by atoms with Crippen molar-refractivity contribution >= 4 is 20.7 Å². The first-order chi connectivity index (χ1) is 17.8. The van der Waals surface area contributed by atoms with Crippen LogP contribution in [0, 0.1) is 0 Å². The molecule has 7 nitrogen and oxygen atoms in total. The Kier molecular flexibility index (Phi) is 21.6. The molecule has 0 bridgehead atoms. The fourth-order valence-corrected chi connectivity index (χ4v) is 6.94. The van der Waals surface area contributed by atoms with Crippen molar-refractivity contribution in [2.75, 3.05) is 19.8 Å². The lowest BCUT2D eigenvalue weighted by Gasteiger charge is -2.34. The number of carbonyl (C=O) groups is 2. The first-order valence-electron chi connectivity index (χ1n) is 14.5. The van der Waals surface area contributed by atoms with Gasteiger partial charge in [-0.25, -0.2) is 9.59 Å². The van der Waals surface area contributed by atoms with Gasteiger partial charge in [-0.05, 0) is 40.5 Å². The Morgan fingerprint density at radius 3 is 1.62 bits per heavy atom. The van der Waals surface area contributed by atoms with Crippen molar-refractivity contribution in [2.45, 2.75) is 131 Å². The summed E-state index contributed by atoms with van der Waals surface area (Å²) in [5, 5.41) is 0. The fourth-order valence-electron chi connectivity index (χ4n) is 4.17. The van der Waals surface area contributed by atoms with Crippen molar-refractivity contribution in [3.05, 3.63) is 24.0 Å². The third-order valence-electron chi connectivity index (χ3n) is 6.17. The first-order valence-corrected chi connectivity index (χ1v) is 16.3. The van der Waals surface area contributed by atoms with Crippen LogP contribution < -0.4 is 0 Å². The molecule has 0 rings (SSSR count). The molecule has 0 aliphatic carbocycles. The van der Waals surface area contributed by atoms with E-state index in [1.165, 1.54) is 51.4 Å². The summed E-state index contributed by atoms with van der Waals surface area (Å²) in [7, 11) is -3.25. The number of allylic oxidation sites excluding steroid dienone is 1. The van der Waals surface area contributed by atoms with E-state index < -0.39 is 26.5 Å². The summed E-state index contributed by atoms with van der Waals surface area (Å²) in [5.41, 5.74) is -0.388. The maximum absolute atomic E-state index is 13.1. The van der Waals surface area contributed by atoms with Crippen LogP contribution in [0.4, 0.5) is 0 Å². The normalized spacial score (nSPS) is 13.1. The summed E-state index contributed by atoms with van der Waals surface area (Å²) >= 11 is 0. The monoisotopic (exact) mass is 542 g/mol. The molecule has 8 heteroatoms. The highest BCUT2D eigenvalue weighted by Crippen LogP contribution is 2.24. The molecule has 0 spiro atoms. The maximum Gasteiger partial charge on any atom is 0.544 e. The largest absolute Gasteiger partial charge is 0.544 e. The fraction of sp³-hybridized carbons (Fsp3) is 0.793. The summed E-state index contributed by atoms with van der Waals surface area (Å²) in [5.74, 6) is -0.811. The molecule has 0 fully saturated rings. The summed E-state index contributed by atoms with van der Waals surface area (Å²) in [6.45, 7) is 16.0. The number of carbonyl (C=O) groups excluding carboxylic acids is 2. The highest BCUT2D eigenvalue weighted by molar-refractivity contribution is 6.62. The molecule has 0 heterocycles. The minimum absolute atomic E-state index is 0.271. The Morgan fingerprint density at radius 2 is 1.22 bits per heavy atom. The maximum atomic E-state index is 13.1. The zero-order valence-corrected chi connectivity index (χ0v) is 25.5. The Morgan fingerprint density at radius 1 is 0.757 bits per heavy atom. The molecule has 0 amide bonds. The van der Waals surface area contributed by atoms with Crippen LogP contribution in [0.25, 0.3) is 0 Å². The van der Waals surface area contributed by atoms with E-state index in [0.29, 0.717) is 38.4 Å². The van der Waals surface area contributed by atoms with E-state index in [2.05, 4.69) is 13.5 Å². The number of hydrogen-bond donors (Lipinski definition) is 0. The van der Waals surface area contributed by atoms with Gasteiger partial charge < -0.3 is 22.8 Å². The van der Waals surface area contributed by atoms with Gasteiger partial charge in [-0.2, -0.15) is 0 Å². The molecule has 0 aromatic rings. The van der Waals surface area contributed by atoms with Crippen LogP contribution in [-0.2, 0) is 32.3 Å². The van der Waals surface area contributed by atoms with Gasteiger partial charge in [-0.1, -0.05) is 84.6 Å². The topological polar surface area (TPSA) is 80.3 Å². The van der Waals surface area contributed by atoms with Crippen molar-refractivity contribution in [1.82, 2.24) is 0 Å². The lowest BCUT2D eigenvalue weighted by molar-refractivity contribution is -0.145. The zero-order valence-electron chi connectivity index (χ0n) is 24.5. The number of rotatable bonds is 24. The van der Waals surface area contributed by atoms with E-state index >= 15 is 0 Å². The molecule has 216 valence electrons. The summed E-state index contributed by atoms with van der Waals surface area (Å²) in [6, 6.07) is 0. The quantitative estimate of drug-likeness (QED) is 0.0408. The van der Waals surface area contributed by atoms with Crippen LogP contribution >= 0.6 is 0 Å². The predicted molar refractivity (Wildman–Crippen MR) is 151 cm³/mol. The van der Waals surface area contributed by atoms with Crippen LogP contribution in [0.2, 0.25) is 0 Å². The molecule has 0 aliphatic heterocycles. The van der Waals surface area contributed by atoms with Crippen LogP contribution in [0.3, 0.4) is 0 Å². The van der Waals surface area contributed by atoms with E-state index in [0.717, 1.165) is 25.3 Å². The van der Waals surface area contributed by atoms with Crippen LogP contribution in [0.15, 0.2) is 24.0 Å². The number of unbranched alkanes of at least 4 members (excludes halogenated alkanes) is 10. The highest BCUT2D eigenvalue weighted by Gasteiger charge is 2.51. The Balaban J connectivity index is 5.11. The first kappa shape index (κ1) is 35.5. The lowest BCUT2D eigenvalue weighted by Crippen LogP contribution is -2.58. The van der Waals surface area contributed by atoms with E-state index in [4.69, 9.17) is 22.8 Å². The van der Waals surface area contributed by atoms with Gasteiger partial charge in [0.2, 0.25) is 0 Å². The van der Waals surface area contributed by atoms with E-state index in [1.807, 2.05) is 27.7 Å². The minimum atomic E-state index is -3.25. The SMILES string of the molecule is C=CC(=O)O/C(CCCCCCCCCCCCC)=C(\C)C(=O)OC(CC)[Si](OCC)(OCC)OCC. The van der Waals surface area contributed by atoms with Crippen molar-refractivity contribution in [3.8, 4) is 0 Å². The standard InChI is InChI=1S/C29H54O7Si/c1-8-14-15-16-17-18-19-20-21-22-23-24-26(35-27(30)9-2)25(7)29(31)36-28(10-3)37(32-11-4,33-12-5)34-13-6/h9,28H,2,8,10-24H2,1,3-7H3/b26-25+. The van der Waals surface area contributed by atoms with Crippen molar-refractivity contribution in [3.63, 3.8) is 0 Å². The second-order valence-corrected chi connectivity index (χ2v) is 11.9. The Bertz CT molecular complexity index is 646. The van der Waals surface area contributed by atoms with E-state index in [9.17, 15) is 9.59 Å². The average Bonchev–Trinajstić information content (AvgIpc) is 2.89. The number of esters is 2. The summed E-state index contributed by atoms with van der Waals surface area (Å²) < 4.78 is 29.1. The summed E-state index contributed by atoms with van der Waals surface area (Å²) in [6.07, 6.45) is 15.4. The third-order valence-corrected chi connectivity index (χ3v) is 9.56. The Hall–Kier alpha value is -1.48. The molecule has 0 saturated carbocycles. The van der Waals surface area contributed by atoms with Gasteiger partial charge in [0.15, 0.2) is 5.73 Å². The number of ether oxygens (including phenoxy) is 2. The van der Waals surface area contributed by atoms with Gasteiger partial charge in [0, 0.05) is 32.3 Å². The average molecular weight is 543 g/mol. The van der Waals surface area contributed by atoms with Crippen molar-refractivity contribution in [1.29, 1.82) is 0 Å². The van der Waals surface area contributed by atoms with Gasteiger partial charge in [-0.3, -0.25) is 0 Å². The van der Waals surface area contributed by atoms with Crippen LogP contribution in [0.1, 0.15) is 125 Å². The van der Waals surface area contributed by atoms with Gasteiger partial charge in [0.1, 0.15) is 5.76 Å². The summed E-state index contributed by atoms with van der Waals surface area (Å²) in [4.78, 5) is 25.1. The van der Waals surface area contributed by atoms with Crippen molar-refractivity contribution in [2.24, 2.45) is 0 Å². The molecule has 0 aromatic carbocycles. The molecule has 0 radical (unpaired) electrons. The molecular formula is C29H54O7Si. The second-order valence-electron chi connectivity index (χ2n) is 9.16. The second kappa shape index (κ2) is 22.5. The van der Waals surface area contributed by atoms with Crippen molar-refractivity contribution < 1.29 is 32.3 Å². The third kappa shape index (κ3) is 14.9. The zero-order chi connectivity index (χ0) is 27.9. The molecule has 0 aromatic heterocycles. The van der Waals surface area contributed by atoms with Gasteiger partial charge in [0.05, 0.1) is 5.57 Å². The molecule has 0 saturated heterocycles. The molecule has 1 atom stereocenters. The Labute approximate surface area is 227 Å². The van der Waals surface area contributed by atoms with E-state index in [1.54, 1.807) is 6.92 Å². The molecule has 1 unspecified atom stereocenters. The van der Waals surface area contributed by atoms with Crippen LogP contribution in [0.5, 0.6) is 0 Å². The molecule has 37 heavy (non-hydrogen) atoms. The predicted octanol–water partition coefficient (Wildman–Crippen LogP) is 7.60. The van der Waals surface area contributed by atoms with E-state index in [-0.39, 0.29) is 5.57 Å². The minimum Gasteiger partial charge on any atom is -0.454 e. The molecule has 0 N–H and O–H groups in total. The van der Waals surface area contributed by atoms with Gasteiger partial charge in [-0.15, -0.1) is 0 Å². The van der Waals surface area contributed by atoms with Crippen LogP contribution in [-0.4, -0.2) is 46.3 Å². The van der Waals surface area contributed by atoms with Gasteiger partial charge >= 0.3 is 20.7 Å². The molecule has 0 aliphatic rings. The number of hydrogen-bond acceptors (Lipinski definition) is 7. The lowest BCUT2D eigenvalue weighted by atomic mass is 10.0.